The molecule has 2 fully saturated rings. The van der Waals surface area contributed by atoms with Crippen molar-refractivity contribution < 1.29 is 4.74 Å². The molecule has 3 aromatic heterocycles. The van der Waals surface area contributed by atoms with Crippen molar-refractivity contribution in [3.05, 3.63) is 39.9 Å². The van der Waals surface area contributed by atoms with E-state index in [1.807, 2.05) is 13.2 Å². The molecule has 2 aliphatic rings. The summed E-state index contributed by atoms with van der Waals surface area (Å²) in [6.07, 6.45) is 9.99. The molecule has 4 heterocycles. The van der Waals surface area contributed by atoms with Gasteiger partial charge in [0.2, 0.25) is 5.95 Å². The maximum atomic E-state index is 13.1. The number of fused-ring (bicyclic) bond motifs is 1. The lowest BCUT2D eigenvalue weighted by atomic mass is 9.89. The summed E-state index contributed by atoms with van der Waals surface area (Å²) in [6, 6.07) is 4.24. The van der Waals surface area contributed by atoms with Crippen LogP contribution in [-0.4, -0.2) is 57.6 Å². The summed E-state index contributed by atoms with van der Waals surface area (Å²) in [5.41, 5.74) is 3.21. The molecule has 9 nitrogen and oxygen atoms in total. The number of aromatic amines is 1. The minimum absolute atomic E-state index is 0.125. The summed E-state index contributed by atoms with van der Waals surface area (Å²) >= 11 is 0. The molecule has 0 amide bonds. The highest BCUT2D eigenvalue weighted by Crippen LogP contribution is 2.27. The van der Waals surface area contributed by atoms with Gasteiger partial charge in [0, 0.05) is 39.4 Å². The minimum Gasteiger partial charge on any atom is -0.378 e. The van der Waals surface area contributed by atoms with Gasteiger partial charge < -0.3 is 14.5 Å². The Hall–Kier alpha value is -2.94. The second kappa shape index (κ2) is 10.8. The number of H-pyrrole nitrogens is 1. The Morgan fingerprint density at radius 3 is 2.77 bits per heavy atom. The molecular formula is C26H37N7O2. The average molecular weight is 480 g/mol. The van der Waals surface area contributed by atoms with Crippen molar-refractivity contribution in [3.63, 3.8) is 0 Å². The summed E-state index contributed by atoms with van der Waals surface area (Å²) in [5, 5.41) is 4.60. The lowest BCUT2D eigenvalue weighted by molar-refractivity contribution is 0.122. The maximum Gasteiger partial charge on any atom is 0.278 e. The van der Waals surface area contributed by atoms with E-state index in [2.05, 4.69) is 43.9 Å². The predicted octanol–water partition coefficient (Wildman–Crippen LogP) is 3.43. The molecule has 9 heteroatoms. The van der Waals surface area contributed by atoms with Crippen molar-refractivity contribution in [2.75, 3.05) is 42.6 Å². The first-order valence-corrected chi connectivity index (χ1v) is 13.1. The van der Waals surface area contributed by atoms with E-state index in [4.69, 9.17) is 9.72 Å². The van der Waals surface area contributed by atoms with Gasteiger partial charge in [-0.1, -0.05) is 32.6 Å². The van der Waals surface area contributed by atoms with Crippen LogP contribution in [-0.2, 0) is 24.8 Å². The van der Waals surface area contributed by atoms with Crippen molar-refractivity contribution in [2.24, 2.45) is 13.0 Å². The Morgan fingerprint density at radius 2 is 2.00 bits per heavy atom. The smallest absolute Gasteiger partial charge is 0.278 e. The maximum absolute atomic E-state index is 13.1. The van der Waals surface area contributed by atoms with Crippen molar-refractivity contribution >= 4 is 22.8 Å². The number of rotatable bonds is 8. The van der Waals surface area contributed by atoms with Gasteiger partial charge in [-0.05, 0) is 42.9 Å². The first-order valence-electron chi connectivity index (χ1n) is 13.1. The number of pyridine rings is 1. The van der Waals surface area contributed by atoms with E-state index < -0.39 is 0 Å². The number of hydrogen-bond acceptors (Lipinski definition) is 7. The molecule has 0 bridgehead atoms. The van der Waals surface area contributed by atoms with Crippen LogP contribution in [0, 0.1) is 5.92 Å². The van der Waals surface area contributed by atoms with Gasteiger partial charge in [0.15, 0.2) is 5.52 Å². The van der Waals surface area contributed by atoms with E-state index in [1.165, 1.54) is 37.7 Å². The van der Waals surface area contributed by atoms with Crippen LogP contribution in [0.2, 0.25) is 0 Å². The fourth-order valence-corrected chi connectivity index (χ4v) is 5.44. The molecule has 0 atom stereocenters. The minimum atomic E-state index is -0.125. The molecule has 0 unspecified atom stereocenters. The van der Waals surface area contributed by atoms with Crippen LogP contribution in [0.25, 0.3) is 11.0 Å². The van der Waals surface area contributed by atoms with E-state index in [0.29, 0.717) is 23.9 Å². The third kappa shape index (κ3) is 5.34. The van der Waals surface area contributed by atoms with Crippen molar-refractivity contribution in [2.45, 2.75) is 58.4 Å². The van der Waals surface area contributed by atoms with Crippen LogP contribution in [0.5, 0.6) is 0 Å². The molecule has 1 N–H and O–H groups in total. The van der Waals surface area contributed by atoms with Gasteiger partial charge in [-0.3, -0.25) is 14.5 Å². The number of nitrogens with zero attached hydrogens (tertiary/aromatic N) is 6. The molecule has 0 spiro atoms. The second-order valence-corrected chi connectivity index (χ2v) is 9.91. The predicted molar refractivity (Wildman–Crippen MR) is 138 cm³/mol. The number of morpholine rings is 1. The molecule has 188 valence electrons. The Morgan fingerprint density at radius 1 is 1.20 bits per heavy atom. The normalized spacial score (nSPS) is 17.3. The number of aromatic nitrogens is 5. The van der Waals surface area contributed by atoms with Crippen LogP contribution in [0.4, 0.5) is 11.8 Å². The zero-order chi connectivity index (χ0) is 24.2. The largest absolute Gasteiger partial charge is 0.378 e. The fraction of sp³-hybridized carbons (Fsp3) is 0.615. The van der Waals surface area contributed by atoms with E-state index >= 15 is 0 Å². The Balaban J connectivity index is 1.48. The van der Waals surface area contributed by atoms with Gasteiger partial charge in [-0.25, -0.2) is 9.97 Å². The topological polar surface area (TPSA) is 92.2 Å². The van der Waals surface area contributed by atoms with Crippen molar-refractivity contribution in [3.8, 4) is 0 Å². The van der Waals surface area contributed by atoms with Crippen LogP contribution >= 0.6 is 0 Å². The quantitative estimate of drug-likeness (QED) is 0.529. The van der Waals surface area contributed by atoms with Gasteiger partial charge in [-0.15, -0.1) is 0 Å². The van der Waals surface area contributed by atoms with Crippen LogP contribution in [0.1, 0.15) is 56.7 Å². The summed E-state index contributed by atoms with van der Waals surface area (Å²) in [7, 11) is 1.82. The van der Waals surface area contributed by atoms with Gasteiger partial charge >= 0.3 is 0 Å². The number of hydrogen-bond donors (Lipinski definition) is 1. The van der Waals surface area contributed by atoms with E-state index in [1.54, 1.807) is 4.68 Å². The standard InChI is InChI=1S/C26H37N7O2/c1-3-7-21-23-24(31(2)30-21)25(34)29-26(28-23)33(17-19-8-5-4-6-9-19)18-20-10-11-27-22(16-20)32-12-14-35-15-13-32/h10-11,16,19H,3-9,12-15,17-18H2,1-2H3,(H,28,29,34). The molecule has 1 aliphatic carbocycles. The Bertz CT molecular complexity index is 1190. The average Bonchev–Trinajstić information content (AvgIpc) is 3.20. The van der Waals surface area contributed by atoms with Gasteiger partial charge in [0.1, 0.15) is 11.3 Å². The molecule has 1 saturated carbocycles. The number of anilines is 2. The first kappa shape index (κ1) is 23.8. The Kier molecular flexibility index (Phi) is 7.32. The first-order chi connectivity index (χ1) is 17.1. The number of nitrogens with one attached hydrogen (secondary N) is 1. The third-order valence-corrected chi connectivity index (χ3v) is 7.26. The molecule has 3 aromatic rings. The molecule has 0 radical (unpaired) electrons. The summed E-state index contributed by atoms with van der Waals surface area (Å²) < 4.78 is 7.17. The number of aryl methyl sites for hydroxylation is 2. The molecule has 0 aromatic carbocycles. The lowest BCUT2D eigenvalue weighted by Crippen LogP contribution is -2.37. The second-order valence-electron chi connectivity index (χ2n) is 9.91. The van der Waals surface area contributed by atoms with Gasteiger partial charge in [-0.2, -0.15) is 5.10 Å². The fourth-order valence-electron chi connectivity index (χ4n) is 5.44. The van der Waals surface area contributed by atoms with Crippen molar-refractivity contribution in [1.29, 1.82) is 0 Å². The summed E-state index contributed by atoms with van der Waals surface area (Å²) in [4.78, 5) is 30.4. The zero-order valence-electron chi connectivity index (χ0n) is 21.0. The molecule has 35 heavy (non-hydrogen) atoms. The van der Waals surface area contributed by atoms with Crippen molar-refractivity contribution in [1.82, 2.24) is 24.7 Å². The van der Waals surface area contributed by atoms with Crippen LogP contribution in [0.3, 0.4) is 0 Å². The van der Waals surface area contributed by atoms with E-state index in [-0.39, 0.29) is 5.56 Å². The van der Waals surface area contributed by atoms with E-state index in [0.717, 1.165) is 62.7 Å². The third-order valence-electron chi connectivity index (χ3n) is 7.26. The van der Waals surface area contributed by atoms with Crippen LogP contribution < -0.4 is 15.4 Å². The summed E-state index contributed by atoms with van der Waals surface area (Å²) in [6.45, 7) is 6.86. The highest BCUT2D eigenvalue weighted by Gasteiger charge is 2.22. The number of ether oxygens (including phenoxy) is 1. The zero-order valence-corrected chi connectivity index (χ0v) is 21.0. The van der Waals surface area contributed by atoms with E-state index in [9.17, 15) is 4.79 Å². The van der Waals surface area contributed by atoms with Gasteiger partial charge in [0.25, 0.3) is 5.56 Å². The highest BCUT2D eigenvalue weighted by atomic mass is 16.5. The highest BCUT2D eigenvalue weighted by molar-refractivity contribution is 5.77. The van der Waals surface area contributed by atoms with Crippen LogP contribution in [0.15, 0.2) is 23.1 Å². The molecular weight excluding hydrogens is 442 g/mol. The molecule has 1 aliphatic heterocycles. The Labute approximate surface area is 206 Å². The molecule has 5 rings (SSSR count). The van der Waals surface area contributed by atoms with Gasteiger partial charge in [0.05, 0.1) is 18.9 Å². The monoisotopic (exact) mass is 479 g/mol. The SMILES string of the molecule is CCCc1nn(C)c2c(=O)[nH]c(N(Cc3ccnc(N4CCOCC4)c3)CC3CCCCC3)nc12. The molecule has 1 saturated heterocycles. The summed E-state index contributed by atoms with van der Waals surface area (Å²) in [5.74, 6) is 2.23. The lowest BCUT2D eigenvalue weighted by Gasteiger charge is -2.31.